The van der Waals surface area contributed by atoms with Gasteiger partial charge < -0.3 is 15.4 Å². The lowest BCUT2D eigenvalue weighted by Gasteiger charge is -2.10. The number of hydrogen-bond donors (Lipinski definition) is 2. The lowest BCUT2D eigenvalue weighted by molar-refractivity contribution is -0.145. The summed E-state index contributed by atoms with van der Waals surface area (Å²) in [5.74, 6) is -1.23. The molecule has 0 aliphatic carbocycles. The Labute approximate surface area is 135 Å². The lowest BCUT2D eigenvalue weighted by atomic mass is 10.2. The lowest BCUT2D eigenvalue weighted by Crippen LogP contribution is -2.33. The summed E-state index contributed by atoms with van der Waals surface area (Å²) in [7, 11) is 0. The van der Waals surface area contributed by atoms with Gasteiger partial charge in [-0.15, -0.1) is 0 Å². The zero-order valence-electron chi connectivity index (χ0n) is 13.6. The van der Waals surface area contributed by atoms with Crippen LogP contribution in [0.2, 0.25) is 0 Å². The number of amides is 2. The summed E-state index contributed by atoms with van der Waals surface area (Å²) in [6.45, 7) is 5.33. The molecule has 0 bridgehead atoms. The molecular formula is C17H22N2O4. The maximum Gasteiger partial charge on any atom is 0.355 e. The van der Waals surface area contributed by atoms with Crippen molar-refractivity contribution in [1.82, 2.24) is 10.6 Å². The fraction of sp³-hybridized carbons (Fsp3) is 0.353. The molecule has 6 heteroatoms. The van der Waals surface area contributed by atoms with Crippen molar-refractivity contribution >= 4 is 23.9 Å². The maximum atomic E-state index is 12.0. The molecule has 6 nitrogen and oxygen atoms in total. The number of nitrogens with one attached hydrogen (secondary N) is 2. The molecule has 0 saturated carbocycles. The molecule has 0 atom stereocenters. The van der Waals surface area contributed by atoms with Crippen molar-refractivity contribution in [3.63, 3.8) is 0 Å². The highest BCUT2D eigenvalue weighted by atomic mass is 16.5. The molecule has 0 aliphatic rings. The normalized spacial score (nSPS) is 11.0. The van der Waals surface area contributed by atoms with E-state index in [4.69, 9.17) is 4.74 Å². The minimum atomic E-state index is -0.760. The van der Waals surface area contributed by atoms with Gasteiger partial charge in [0.2, 0.25) is 5.91 Å². The zero-order valence-corrected chi connectivity index (χ0v) is 13.6. The molecule has 0 saturated heterocycles. The fourth-order valence-electron chi connectivity index (χ4n) is 1.63. The Morgan fingerprint density at radius 3 is 2.39 bits per heavy atom. The second kappa shape index (κ2) is 9.40. The number of carbonyl (C=O) groups excluding carboxylic acids is 3. The molecule has 23 heavy (non-hydrogen) atoms. The summed E-state index contributed by atoms with van der Waals surface area (Å²) in [5, 5.41) is 5.06. The SMILES string of the molecule is CC(=O)N/C(=C\c1ccccc1)C(=O)OCC(=O)NCC(C)C. The molecule has 1 aromatic carbocycles. The molecule has 1 aromatic rings. The minimum absolute atomic E-state index is 0.0136. The van der Waals surface area contributed by atoms with Crippen LogP contribution in [0.25, 0.3) is 6.08 Å². The predicted molar refractivity (Wildman–Crippen MR) is 87.0 cm³/mol. The van der Waals surface area contributed by atoms with E-state index in [1.165, 1.54) is 13.0 Å². The number of esters is 1. The van der Waals surface area contributed by atoms with Gasteiger partial charge in [0.25, 0.3) is 5.91 Å². The van der Waals surface area contributed by atoms with Gasteiger partial charge in [-0.3, -0.25) is 9.59 Å². The molecule has 0 heterocycles. The average Bonchev–Trinajstić information content (AvgIpc) is 2.50. The molecule has 2 N–H and O–H groups in total. The highest BCUT2D eigenvalue weighted by molar-refractivity contribution is 5.98. The van der Waals surface area contributed by atoms with Crippen molar-refractivity contribution in [2.75, 3.05) is 13.2 Å². The van der Waals surface area contributed by atoms with Gasteiger partial charge >= 0.3 is 5.97 Å². The van der Waals surface area contributed by atoms with Gasteiger partial charge in [-0.1, -0.05) is 44.2 Å². The van der Waals surface area contributed by atoms with Crippen LogP contribution in [0.5, 0.6) is 0 Å². The van der Waals surface area contributed by atoms with E-state index in [2.05, 4.69) is 10.6 Å². The molecule has 0 aliphatic heterocycles. The standard InChI is InChI=1S/C17H22N2O4/c1-12(2)10-18-16(21)11-23-17(22)15(19-13(3)20)9-14-7-5-4-6-8-14/h4-9,12H,10-11H2,1-3H3,(H,18,21)(H,19,20)/b15-9-. The predicted octanol–water partition coefficient (Wildman–Crippen LogP) is 1.48. The van der Waals surface area contributed by atoms with Crippen LogP contribution in [0.15, 0.2) is 36.0 Å². The van der Waals surface area contributed by atoms with Crippen LogP contribution in [0.3, 0.4) is 0 Å². The van der Waals surface area contributed by atoms with Crippen molar-refractivity contribution in [2.45, 2.75) is 20.8 Å². The first-order chi connectivity index (χ1) is 10.9. The van der Waals surface area contributed by atoms with Crippen LogP contribution in [0.1, 0.15) is 26.3 Å². The van der Waals surface area contributed by atoms with E-state index < -0.39 is 18.5 Å². The molecule has 1 rings (SSSR count). The Hall–Kier alpha value is -2.63. The second-order valence-corrected chi connectivity index (χ2v) is 5.42. The Bertz CT molecular complexity index is 580. The van der Waals surface area contributed by atoms with E-state index in [0.717, 1.165) is 5.56 Å². The molecule has 2 amide bonds. The third-order valence-corrected chi connectivity index (χ3v) is 2.68. The summed E-state index contributed by atoms with van der Waals surface area (Å²) in [4.78, 5) is 34.8. The summed E-state index contributed by atoms with van der Waals surface area (Å²) >= 11 is 0. The van der Waals surface area contributed by atoms with Gasteiger partial charge in [0, 0.05) is 13.5 Å². The Balaban J connectivity index is 2.68. The van der Waals surface area contributed by atoms with Crippen molar-refractivity contribution < 1.29 is 19.1 Å². The Morgan fingerprint density at radius 1 is 1.17 bits per heavy atom. The molecule has 124 valence electrons. The van der Waals surface area contributed by atoms with Gasteiger partial charge in [-0.05, 0) is 17.6 Å². The number of ether oxygens (including phenoxy) is 1. The number of hydrogen-bond acceptors (Lipinski definition) is 4. The summed E-state index contributed by atoms with van der Waals surface area (Å²) in [5.41, 5.74) is 0.720. The first-order valence-corrected chi connectivity index (χ1v) is 7.36. The first kappa shape index (κ1) is 18.4. The van der Waals surface area contributed by atoms with Crippen LogP contribution in [-0.2, 0) is 19.1 Å². The zero-order chi connectivity index (χ0) is 17.2. The number of benzene rings is 1. The molecule has 0 fully saturated rings. The molecule has 0 radical (unpaired) electrons. The molecular weight excluding hydrogens is 296 g/mol. The van der Waals surface area contributed by atoms with Gasteiger partial charge in [0.15, 0.2) is 6.61 Å². The summed E-state index contributed by atoms with van der Waals surface area (Å²) in [6, 6.07) is 9.02. The third kappa shape index (κ3) is 7.80. The number of rotatable bonds is 7. The van der Waals surface area contributed by atoms with Gasteiger partial charge in [0.1, 0.15) is 5.70 Å². The Kier molecular flexibility index (Phi) is 7.53. The Morgan fingerprint density at radius 2 is 1.83 bits per heavy atom. The average molecular weight is 318 g/mol. The van der Waals surface area contributed by atoms with E-state index in [1.54, 1.807) is 12.1 Å². The van der Waals surface area contributed by atoms with Crippen LogP contribution < -0.4 is 10.6 Å². The van der Waals surface area contributed by atoms with Gasteiger partial charge in [-0.25, -0.2) is 4.79 Å². The van der Waals surface area contributed by atoms with Crippen molar-refractivity contribution in [1.29, 1.82) is 0 Å². The topological polar surface area (TPSA) is 84.5 Å². The minimum Gasteiger partial charge on any atom is -0.451 e. The van der Waals surface area contributed by atoms with E-state index in [-0.39, 0.29) is 11.6 Å². The second-order valence-electron chi connectivity index (χ2n) is 5.42. The summed E-state index contributed by atoms with van der Waals surface area (Å²) < 4.78 is 4.94. The van der Waals surface area contributed by atoms with E-state index in [0.29, 0.717) is 12.5 Å². The fourth-order valence-corrected chi connectivity index (χ4v) is 1.63. The van der Waals surface area contributed by atoms with Crippen molar-refractivity contribution in [3.8, 4) is 0 Å². The van der Waals surface area contributed by atoms with Gasteiger partial charge in [-0.2, -0.15) is 0 Å². The molecule has 0 aromatic heterocycles. The molecule has 0 spiro atoms. The van der Waals surface area contributed by atoms with E-state index in [1.807, 2.05) is 32.0 Å². The molecule has 0 unspecified atom stereocenters. The van der Waals surface area contributed by atoms with Crippen molar-refractivity contribution in [2.24, 2.45) is 5.92 Å². The van der Waals surface area contributed by atoms with Crippen LogP contribution >= 0.6 is 0 Å². The number of carbonyl (C=O) groups is 3. The largest absolute Gasteiger partial charge is 0.451 e. The van der Waals surface area contributed by atoms with E-state index >= 15 is 0 Å². The highest BCUT2D eigenvalue weighted by Gasteiger charge is 2.14. The van der Waals surface area contributed by atoms with Crippen LogP contribution in [-0.4, -0.2) is 30.9 Å². The monoisotopic (exact) mass is 318 g/mol. The van der Waals surface area contributed by atoms with Gasteiger partial charge in [0.05, 0.1) is 0 Å². The maximum absolute atomic E-state index is 12.0. The summed E-state index contributed by atoms with van der Waals surface area (Å²) in [6.07, 6.45) is 1.50. The third-order valence-electron chi connectivity index (χ3n) is 2.68. The van der Waals surface area contributed by atoms with Crippen LogP contribution in [0, 0.1) is 5.92 Å². The highest BCUT2D eigenvalue weighted by Crippen LogP contribution is 2.06. The van der Waals surface area contributed by atoms with Crippen LogP contribution in [0.4, 0.5) is 0 Å². The van der Waals surface area contributed by atoms with E-state index in [9.17, 15) is 14.4 Å². The first-order valence-electron chi connectivity index (χ1n) is 7.36. The smallest absolute Gasteiger partial charge is 0.355 e. The quantitative estimate of drug-likeness (QED) is 0.589. The van der Waals surface area contributed by atoms with Crippen molar-refractivity contribution in [3.05, 3.63) is 41.6 Å².